The van der Waals surface area contributed by atoms with Crippen LogP contribution in [0.3, 0.4) is 0 Å². The number of benzene rings is 2. The molecule has 0 aliphatic rings. The van der Waals surface area contributed by atoms with Gasteiger partial charge in [-0.15, -0.1) is 0 Å². The number of rotatable bonds is 9. The van der Waals surface area contributed by atoms with E-state index in [9.17, 15) is 14.0 Å². The molecule has 0 aromatic heterocycles. The third-order valence-electron chi connectivity index (χ3n) is 4.90. The lowest BCUT2D eigenvalue weighted by Gasteiger charge is -2.29. The molecule has 0 aliphatic heterocycles. The van der Waals surface area contributed by atoms with Gasteiger partial charge >= 0.3 is 0 Å². The van der Waals surface area contributed by atoms with Gasteiger partial charge in [-0.3, -0.25) is 9.59 Å². The molecule has 0 aliphatic carbocycles. The molecule has 0 saturated heterocycles. The molecule has 0 saturated carbocycles. The van der Waals surface area contributed by atoms with Crippen LogP contribution in [0.5, 0.6) is 0 Å². The highest BCUT2D eigenvalue weighted by Crippen LogP contribution is 2.14. The predicted octanol–water partition coefficient (Wildman–Crippen LogP) is 4.09. The third kappa shape index (κ3) is 6.48. The molecule has 4 nitrogen and oxygen atoms in total. The topological polar surface area (TPSA) is 49.4 Å². The van der Waals surface area contributed by atoms with Gasteiger partial charge in [0.2, 0.25) is 11.8 Å². The van der Waals surface area contributed by atoms with Crippen LogP contribution in [0.15, 0.2) is 54.6 Å². The zero-order valence-corrected chi connectivity index (χ0v) is 16.8. The molecule has 1 N–H and O–H groups in total. The maximum Gasteiger partial charge on any atom is 0.242 e. The first-order chi connectivity index (χ1) is 13.4. The van der Waals surface area contributed by atoms with Gasteiger partial charge in [-0.05, 0) is 49.9 Å². The van der Waals surface area contributed by atoms with Crippen LogP contribution in [-0.2, 0) is 22.6 Å². The number of carbonyl (C=O) groups is 2. The molecule has 150 valence electrons. The number of nitrogens with zero attached hydrogens (tertiary/aromatic N) is 1. The number of amides is 2. The first kappa shape index (κ1) is 21.6. The number of carbonyl (C=O) groups excluding carboxylic acids is 2. The lowest BCUT2D eigenvalue weighted by Crippen LogP contribution is -2.49. The minimum absolute atomic E-state index is 0.0436. The summed E-state index contributed by atoms with van der Waals surface area (Å²) in [6.45, 7) is 5.94. The average Bonchev–Trinajstić information content (AvgIpc) is 2.71. The lowest BCUT2D eigenvalue weighted by atomic mass is 10.1. The van der Waals surface area contributed by atoms with E-state index >= 15 is 0 Å². The Labute approximate surface area is 166 Å². The number of nitrogens with one attached hydrogen (secondary N) is 1. The maximum atomic E-state index is 13.2. The van der Waals surface area contributed by atoms with Gasteiger partial charge in [-0.2, -0.15) is 0 Å². The van der Waals surface area contributed by atoms with Gasteiger partial charge in [0.1, 0.15) is 11.9 Å². The van der Waals surface area contributed by atoms with Crippen molar-refractivity contribution in [3.8, 4) is 0 Å². The first-order valence-electron chi connectivity index (χ1n) is 9.79. The van der Waals surface area contributed by atoms with Gasteiger partial charge in [0.15, 0.2) is 0 Å². The summed E-state index contributed by atoms with van der Waals surface area (Å²) in [5, 5.41) is 2.94. The molecule has 28 heavy (non-hydrogen) atoms. The predicted molar refractivity (Wildman–Crippen MR) is 109 cm³/mol. The number of hydrogen-bond donors (Lipinski definition) is 1. The third-order valence-corrected chi connectivity index (χ3v) is 4.90. The van der Waals surface area contributed by atoms with E-state index in [2.05, 4.69) is 5.32 Å². The summed E-state index contributed by atoms with van der Waals surface area (Å²) >= 11 is 0. The Bertz CT molecular complexity index is 762. The molecule has 2 amide bonds. The number of aryl methyl sites for hydroxylation is 1. The van der Waals surface area contributed by atoms with Gasteiger partial charge in [0.25, 0.3) is 0 Å². The Balaban J connectivity index is 2.12. The van der Waals surface area contributed by atoms with Gasteiger partial charge in [-0.1, -0.05) is 49.4 Å². The van der Waals surface area contributed by atoms with Crippen LogP contribution in [0.4, 0.5) is 4.39 Å². The van der Waals surface area contributed by atoms with Crippen molar-refractivity contribution in [3.63, 3.8) is 0 Å². The quantitative estimate of drug-likeness (QED) is 0.708. The van der Waals surface area contributed by atoms with Crippen molar-refractivity contribution in [1.29, 1.82) is 0 Å². The Kier molecular flexibility index (Phi) is 8.18. The van der Waals surface area contributed by atoms with Crippen LogP contribution in [-0.4, -0.2) is 28.8 Å². The summed E-state index contributed by atoms with van der Waals surface area (Å²) in [5.41, 5.74) is 1.87. The molecule has 0 fully saturated rings. The van der Waals surface area contributed by atoms with Gasteiger partial charge in [-0.25, -0.2) is 4.39 Å². The fourth-order valence-electron chi connectivity index (χ4n) is 2.87. The summed E-state index contributed by atoms with van der Waals surface area (Å²) < 4.78 is 13.2. The van der Waals surface area contributed by atoms with Crippen molar-refractivity contribution < 1.29 is 14.0 Å². The normalized spacial score (nSPS) is 12.9. The van der Waals surface area contributed by atoms with Crippen molar-refractivity contribution in [3.05, 3.63) is 71.5 Å². The molecular weight excluding hydrogens is 355 g/mol. The van der Waals surface area contributed by atoms with Crippen molar-refractivity contribution in [2.75, 3.05) is 0 Å². The van der Waals surface area contributed by atoms with E-state index < -0.39 is 6.04 Å². The number of hydrogen-bond acceptors (Lipinski definition) is 2. The van der Waals surface area contributed by atoms with E-state index in [-0.39, 0.29) is 30.2 Å². The van der Waals surface area contributed by atoms with Crippen LogP contribution in [0.25, 0.3) is 0 Å². The smallest absolute Gasteiger partial charge is 0.242 e. The Morgan fingerprint density at radius 1 is 1.00 bits per heavy atom. The molecule has 2 aromatic carbocycles. The van der Waals surface area contributed by atoms with E-state index in [0.717, 1.165) is 17.5 Å². The minimum atomic E-state index is -0.609. The average molecular weight is 384 g/mol. The Morgan fingerprint density at radius 2 is 1.64 bits per heavy atom. The second kappa shape index (κ2) is 10.6. The monoisotopic (exact) mass is 384 g/mol. The summed E-state index contributed by atoms with van der Waals surface area (Å²) in [7, 11) is 0. The standard InChI is InChI=1S/C23H29FN2O2/c1-4-17(2)25-23(28)18(3)26(16-20-10-13-21(24)14-11-20)22(27)15-12-19-8-6-5-7-9-19/h5-11,13-14,17-18H,4,12,15-16H2,1-3H3,(H,25,28)/t17-,18+/m0/s1. The molecule has 0 unspecified atom stereocenters. The fourth-order valence-corrected chi connectivity index (χ4v) is 2.87. The second-order valence-corrected chi connectivity index (χ2v) is 7.13. The van der Waals surface area contributed by atoms with E-state index in [1.165, 1.54) is 12.1 Å². The highest BCUT2D eigenvalue weighted by atomic mass is 19.1. The largest absolute Gasteiger partial charge is 0.352 e. The van der Waals surface area contributed by atoms with Crippen LogP contribution < -0.4 is 5.32 Å². The minimum Gasteiger partial charge on any atom is -0.352 e. The molecule has 0 spiro atoms. The molecule has 0 bridgehead atoms. The maximum absolute atomic E-state index is 13.2. The van der Waals surface area contributed by atoms with Crippen molar-refractivity contribution >= 4 is 11.8 Å². The van der Waals surface area contributed by atoms with E-state index in [0.29, 0.717) is 12.8 Å². The first-order valence-corrected chi connectivity index (χ1v) is 9.79. The van der Waals surface area contributed by atoms with E-state index in [4.69, 9.17) is 0 Å². The van der Waals surface area contributed by atoms with Gasteiger partial charge in [0, 0.05) is 19.0 Å². The summed E-state index contributed by atoms with van der Waals surface area (Å²) in [6.07, 6.45) is 1.74. The molecule has 0 radical (unpaired) electrons. The highest BCUT2D eigenvalue weighted by Gasteiger charge is 2.26. The Morgan fingerprint density at radius 3 is 2.25 bits per heavy atom. The van der Waals surface area contributed by atoms with Crippen LogP contribution in [0.2, 0.25) is 0 Å². The number of halogens is 1. The van der Waals surface area contributed by atoms with Crippen LogP contribution >= 0.6 is 0 Å². The SMILES string of the molecule is CC[C@H](C)NC(=O)[C@@H](C)N(Cc1ccc(F)cc1)C(=O)CCc1ccccc1. The molecule has 2 rings (SSSR count). The lowest BCUT2D eigenvalue weighted by molar-refractivity contribution is -0.140. The molecule has 2 aromatic rings. The van der Waals surface area contributed by atoms with Gasteiger partial charge in [0.05, 0.1) is 0 Å². The van der Waals surface area contributed by atoms with Crippen molar-refractivity contribution in [1.82, 2.24) is 10.2 Å². The summed E-state index contributed by atoms with van der Waals surface area (Å²) in [4.78, 5) is 27.2. The van der Waals surface area contributed by atoms with Crippen LogP contribution in [0, 0.1) is 5.82 Å². The second-order valence-electron chi connectivity index (χ2n) is 7.13. The van der Waals surface area contributed by atoms with E-state index in [1.54, 1.807) is 24.0 Å². The van der Waals surface area contributed by atoms with E-state index in [1.807, 2.05) is 44.2 Å². The zero-order chi connectivity index (χ0) is 20.5. The fraction of sp³-hybridized carbons (Fsp3) is 0.391. The summed E-state index contributed by atoms with van der Waals surface area (Å²) in [6, 6.07) is 15.2. The summed E-state index contributed by atoms with van der Waals surface area (Å²) in [5.74, 6) is -0.599. The van der Waals surface area contributed by atoms with Crippen LogP contribution in [0.1, 0.15) is 44.7 Å². The van der Waals surface area contributed by atoms with Crippen molar-refractivity contribution in [2.45, 2.75) is 58.7 Å². The van der Waals surface area contributed by atoms with Gasteiger partial charge < -0.3 is 10.2 Å². The van der Waals surface area contributed by atoms with Crippen molar-refractivity contribution in [2.24, 2.45) is 0 Å². The molecular formula is C23H29FN2O2. The molecule has 5 heteroatoms. The zero-order valence-electron chi connectivity index (χ0n) is 16.8. The molecule has 0 heterocycles. The Hall–Kier alpha value is -2.69. The highest BCUT2D eigenvalue weighted by molar-refractivity contribution is 5.87. The molecule has 2 atom stereocenters.